The number of hydrogen-bond acceptors (Lipinski definition) is 8. The van der Waals surface area contributed by atoms with Gasteiger partial charge in [-0.05, 0) is 69.7 Å². The number of hydrogen-bond donors (Lipinski definition) is 2. The fourth-order valence-corrected chi connectivity index (χ4v) is 8.39. The molecule has 1 aromatic carbocycles. The number of carboxylic acids is 1. The zero-order valence-electron chi connectivity index (χ0n) is 21.6. The van der Waals surface area contributed by atoms with E-state index < -0.39 is 27.5 Å². The number of nitrogens with zero attached hydrogens (tertiary/aromatic N) is 2. The molecule has 2 N–H and O–H groups in total. The van der Waals surface area contributed by atoms with Crippen LogP contribution in [0, 0.1) is 13.8 Å². The van der Waals surface area contributed by atoms with Gasteiger partial charge >= 0.3 is 5.97 Å². The Morgan fingerprint density at radius 2 is 2.03 bits per heavy atom. The summed E-state index contributed by atoms with van der Waals surface area (Å²) in [4.78, 5) is 26.8. The number of carbonyl (C=O) groups is 1. The predicted molar refractivity (Wildman–Crippen MR) is 145 cm³/mol. The van der Waals surface area contributed by atoms with Crippen LogP contribution in [-0.4, -0.2) is 36.3 Å². The van der Waals surface area contributed by atoms with Crippen LogP contribution in [0.2, 0.25) is 0 Å². The average molecular weight is 570 g/mol. The number of aromatic nitrogens is 2. The third-order valence-corrected chi connectivity index (χ3v) is 10.4. The summed E-state index contributed by atoms with van der Waals surface area (Å²) < 4.78 is 42.2. The number of thiophene rings is 1. The zero-order valence-corrected chi connectivity index (χ0v) is 23.2. The highest BCUT2D eigenvalue weighted by Gasteiger charge is 2.33. The van der Waals surface area contributed by atoms with Gasteiger partial charge in [0.25, 0.3) is 0 Å². The second-order valence-corrected chi connectivity index (χ2v) is 12.9. The fraction of sp³-hybridized carbons (Fsp3) is 0.370. The minimum Gasteiger partial charge on any atom is -0.494 e. The quantitative estimate of drug-likeness (QED) is 0.325. The summed E-state index contributed by atoms with van der Waals surface area (Å²) >= 11 is 1.57. The maximum absolute atomic E-state index is 13.2. The van der Waals surface area contributed by atoms with E-state index >= 15 is 0 Å². The lowest BCUT2D eigenvalue weighted by molar-refractivity contribution is 0.0694. The average Bonchev–Trinajstić information content (AvgIpc) is 3.54. The summed E-state index contributed by atoms with van der Waals surface area (Å²) in [7, 11) is -2.31. The molecule has 2 aliphatic carbocycles. The van der Waals surface area contributed by atoms with Gasteiger partial charge in [-0.3, -0.25) is 4.79 Å². The SMILES string of the molecule is COc1c(-c2cc3c(s2)CCCC3NS(=O)(=O)c2c(C)noc2C)ccc2c(=O)c(C(=O)O)cn(C3CC3)c12. The molecule has 1 atom stereocenters. The van der Waals surface area contributed by atoms with Crippen molar-refractivity contribution in [3.8, 4) is 16.2 Å². The topological polar surface area (TPSA) is 141 Å². The van der Waals surface area contributed by atoms with E-state index in [2.05, 4.69) is 9.88 Å². The van der Waals surface area contributed by atoms with Crippen molar-refractivity contribution in [3.63, 3.8) is 0 Å². The molecule has 0 bridgehead atoms. The van der Waals surface area contributed by atoms with Crippen molar-refractivity contribution >= 4 is 38.2 Å². The van der Waals surface area contributed by atoms with Crippen LogP contribution in [0.1, 0.15) is 70.0 Å². The van der Waals surface area contributed by atoms with Crippen LogP contribution in [0.5, 0.6) is 5.75 Å². The molecule has 204 valence electrons. The molecule has 1 unspecified atom stereocenters. The van der Waals surface area contributed by atoms with E-state index in [1.54, 1.807) is 44.4 Å². The molecule has 4 aromatic rings. The van der Waals surface area contributed by atoms with Crippen LogP contribution in [0.15, 0.2) is 38.6 Å². The molecule has 0 radical (unpaired) electrons. The molecule has 12 heteroatoms. The van der Waals surface area contributed by atoms with E-state index in [0.717, 1.165) is 46.6 Å². The van der Waals surface area contributed by atoms with Gasteiger partial charge in [-0.15, -0.1) is 11.3 Å². The van der Waals surface area contributed by atoms with Crippen LogP contribution >= 0.6 is 11.3 Å². The second kappa shape index (κ2) is 9.32. The van der Waals surface area contributed by atoms with Crippen LogP contribution in [0.4, 0.5) is 0 Å². The third kappa shape index (κ3) is 4.26. The maximum Gasteiger partial charge on any atom is 0.341 e. The largest absolute Gasteiger partial charge is 0.494 e. The lowest BCUT2D eigenvalue weighted by Crippen LogP contribution is -2.31. The highest BCUT2D eigenvalue weighted by atomic mass is 32.2. The first-order valence-corrected chi connectivity index (χ1v) is 15.0. The van der Waals surface area contributed by atoms with Crippen LogP contribution < -0.4 is 14.9 Å². The molecule has 0 spiro atoms. The molecule has 2 aliphatic rings. The predicted octanol–water partition coefficient (Wildman–Crippen LogP) is 4.73. The van der Waals surface area contributed by atoms with Gasteiger partial charge in [0, 0.05) is 33.6 Å². The van der Waals surface area contributed by atoms with Crippen molar-refractivity contribution in [1.29, 1.82) is 0 Å². The van der Waals surface area contributed by atoms with Gasteiger partial charge in [0.2, 0.25) is 15.5 Å². The Morgan fingerprint density at radius 3 is 2.67 bits per heavy atom. The fourth-order valence-electron chi connectivity index (χ4n) is 5.53. The van der Waals surface area contributed by atoms with Crippen molar-refractivity contribution in [2.24, 2.45) is 0 Å². The Hall–Kier alpha value is -3.48. The molecule has 1 fully saturated rings. The number of methoxy groups -OCH3 is 1. The first-order chi connectivity index (χ1) is 18.6. The molecular weight excluding hydrogens is 542 g/mol. The molecule has 3 aromatic heterocycles. The van der Waals surface area contributed by atoms with Crippen LogP contribution in [0.3, 0.4) is 0 Å². The van der Waals surface area contributed by atoms with Gasteiger partial charge in [0.15, 0.2) is 11.5 Å². The molecule has 39 heavy (non-hydrogen) atoms. The van der Waals surface area contributed by atoms with Crippen molar-refractivity contribution in [2.75, 3.05) is 7.11 Å². The summed E-state index contributed by atoms with van der Waals surface area (Å²) in [6.07, 6.45) is 5.52. The molecule has 0 amide bonds. The molecule has 6 rings (SSSR count). The number of aryl methyl sites for hydroxylation is 3. The first kappa shape index (κ1) is 25.8. The number of aromatic carboxylic acids is 1. The number of benzene rings is 1. The molecule has 0 saturated heterocycles. The minimum absolute atomic E-state index is 0.0695. The van der Waals surface area contributed by atoms with E-state index in [-0.39, 0.29) is 22.3 Å². The summed E-state index contributed by atoms with van der Waals surface area (Å²) in [5, 5.41) is 13.7. The molecular formula is C27H27N3O7S2. The number of carboxylic acid groups (broad SMARTS) is 1. The number of fused-ring (bicyclic) bond motifs is 2. The molecule has 10 nitrogen and oxygen atoms in total. The van der Waals surface area contributed by atoms with E-state index in [0.29, 0.717) is 28.8 Å². The van der Waals surface area contributed by atoms with E-state index in [1.807, 2.05) is 10.6 Å². The summed E-state index contributed by atoms with van der Waals surface area (Å²) in [5.41, 5.74) is 1.78. The maximum atomic E-state index is 13.2. The van der Waals surface area contributed by atoms with E-state index in [4.69, 9.17) is 9.26 Å². The Kier molecular flexibility index (Phi) is 6.16. The monoisotopic (exact) mass is 569 g/mol. The highest BCUT2D eigenvalue weighted by molar-refractivity contribution is 7.89. The van der Waals surface area contributed by atoms with Crippen molar-refractivity contribution in [3.05, 3.63) is 62.1 Å². The number of rotatable bonds is 7. The first-order valence-electron chi connectivity index (χ1n) is 12.7. The Bertz CT molecular complexity index is 1790. The second-order valence-electron chi connectivity index (χ2n) is 10.1. The Morgan fingerprint density at radius 1 is 1.26 bits per heavy atom. The van der Waals surface area contributed by atoms with E-state index in [1.165, 1.54) is 6.20 Å². The third-order valence-electron chi connectivity index (χ3n) is 7.44. The lowest BCUT2D eigenvalue weighted by atomic mass is 9.94. The van der Waals surface area contributed by atoms with Gasteiger partial charge < -0.3 is 18.9 Å². The normalized spacial score (nSPS) is 17.4. The highest BCUT2D eigenvalue weighted by Crippen LogP contribution is 2.46. The van der Waals surface area contributed by atoms with Gasteiger partial charge in [0.05, 0.1) is 18.0 Å². The molecule has 3 heterocycles. The Labute approximate surface area is 228 Å². The summed E-state index contributed by atoms with van der Waals surface area (Å²) in [6, 6.07) is 5.14. The number of sulfonamides is 1. The molecule has 0 aliphatic heterocycles. The smallest absolute Gasteiger partial charge is 0.341 e. The Balaban J connectivity index is 1.46. The zero-order chi connectivity index (χ0) is 27.6. The van der Waals surface area contributed by atoms with Crippen molar-refractivity contribution < 1.29 is 27.6 Å². The number of ether oxygens (including phenoxy) is 1. The minimum atomic E-state index is -3.85. The van der Waals surface area contributed by atoms with E-state index in [9.17, 15) is 23.1 Å². The number of pyridine rings is 1. The van der Waals surface area contributed by atoms with Crippen LogP contribution in [0.25, 0.3) is 21.3 Å². The number of nitrogens with one attached hydrogen (secondary N) is 1. The lowest BCUT2D eigenvalue weighted by Gasteiger charge is -2.23. The van der Waals surface area contributed by atoms with Crippen LogP contribution in [-0.2, 0) is 16.4 Å². The van der Waals surface area contributed by atoms with Gasteiger partial charge in [-0.2, -0.15) is 0 Å². The molecule has 1 saturated carbocycles. The van der Waals surface area contributed by atoms with Crippen molar-refractivity contribution in [1.82, 2.24) is 14.4 Å². The summed E-state index contributed by atoms with van der Waals surface area (Å²) in [6.45, 7) is 3.18. The standard InChI is InChI=1S/C27H27N3O7S2/c1-13-26(14(2)37-28-13)39(34,35)29-20-5-4-6-21-18(20)11-22(38-21)16-9-10-17-23(25(16)36-3)30(15-7-8-15)12-19(24(17)31)27(32)33/h9-12,15,20,29H,4-8H2,1-3H3,(H,32,33). The van der Waals surface area contributed by atoms with Gasteiger partial charge in [-0.1, -0.05) is 5.16 Å². The van der Waals surface area contributed by atoms with Gasteiger partial charge in [0.1, 0.15) is 16.2 Å². The summed E-state index contributed by atoms with van der Waals surface area (Å²) in [5.74, 6) is -0.508. The van der Waals surface area contributed by atoms with Crippen molar-refractivity contribution in [2.45, 2.75) is 62.9 Å². The van der Waals surface area contributed by atoms with Gasteiger partial charge in [-0.25, -0.2) is 17.9 Å².